The van der Waals surface area contributed by atoms with Gasteiger partial charge in [0.05, 0.1) is 10.7 Å². The molecule has 3 rings (SSSR count). The van der Waals surface area contributed by atoms with Gasteiger partial charge in [-0.15, -0.1) is 11.3 Å². The number of aryl methyl sites for hydroxylation is 1. The highest BCUT2D eigenvalue weighted by molar-refractivity contribution is 7.09. The third kappa shape index (κ3) is 2.94. The second-order valence-corrected chi connectivity index (χ2v) is 5.98. The van der Waals surface area contributed by atoms with Crippen molar-refractivity contribution in [1.82, 2.24) is 10.3 Å². The van der Waals surface area contributed by atoms with E-state index in [0.29, 0.717) is 6.61 Å². The molecule has 0 saturated carbocycles. The largest absolute Gasteiger partial charge is 0.486 e. The average Bonchev–Trinajstić information content (AvgIpc) is 2.91. The quantitative estimate of drug-likeness (QED) is 0.940. The van der Waals surface area contributed by atoms with E-state index < -0.39 is 0 Å². The molecule has 0 aliphatic carbocycles. The Morgan fingerprint density at radius 3 is 2.95 bits per heavy atom. The third-order valence-corrected chi connectivity index (χ3v) is 4.09. The first-order chi connectivity index (χ1) is 9.72. The highest BCUT2D eigenvalue weighted by atomic mass is 32.1. The van der Waals surface area contributed by atoms with E-state index in [1.165, 1.54) is 0 Å². The van der Waals surface area contributed by atoms with Gasteiger partial charge < -0.3 is 14.8 Å². The van der Waals surface area contributed by atoms with Gasteiger partial charge in [-0.3, -0.25) is 0 Å². The van der Waals surface area contributed by atoms with Crippen LogP contribution in [0.15, 0.2) is 29.6 Å². The first-order valence-electron chi connectivity index (χ1n) is 6.76. The van der Waals surface area contributed by atoms with Gasteiger partial charge in [0.15, 0.2) is 11.5 Å². The second kappa shape index (κ2) is 5.81. The van der Waals surface area contributed by atoms with Crippen LogP contribution in [-0.4, -0.2) is 24.2 Å². The van der Waals surface area contributed by atoms with Gasteiger partial charge in [0, 0.05) is 18.0 Å². The summed E-state index contributed by atoms with van der Waals surface area (Å²) in [5.74, 6) is 1.65. The number of thiazole rings is 1. The summed E-state index contributed by atoms with van der Waals surface area (Å²) in [7, 11) is 0. The Hall–Kier alpha value is -1.59. The van der Waals surface area contributed by atoms with Crippen molar-refractivity contribution in [2.24, 2.45) is 0 Å². The zero-order chi connectivity index (χ0) is 13.9. The molecular weight excluding hydrogens is 272 g/mol. The van der Waals surface area contributed by atoms with Crippen LogP contribution in [0, 0.1) is 6.92 Å². The van der Waals surface area contributed by atoms with Crippen LogP contribution in [0.1, 0.15) is 23.7 Å². The van der Waals surface area contributed by atoms with Gasteiger partial charge in [-0.1, -0.05) is 12.1 Å². The molecule has 2 unspecified atom stereocenters. The van der Waals surface area contributed by atoms with Gasteiger partial charge >= 0.3 is 0 Å². The molecule has 2 aromatic rings. The number of ether oxygens (including phenoxy) is 2. The van der Waals surface area contributed by atoms with Gasteiger partial charge in [-0.05, 0) is 26.0 Å². The number of hydrogen-bond donors (Lipinski definition) is 1. The zero-order valence-electron chi connectivity index (χ0n) is 11.6. The van der Waals surface area contributed by atoms with Crippen molar-refractivity contribution < 1.29 is 9.47 Å². The summed E-state index contributed by atoms with van der Waals surface area (Å²) in [5.41, 5.74) is 1.09. The molecule has 1 aliphatic rings. The van der Waals surface area contributed by atoms with Gasteiger partial charge in [-0.2, -0.15) is 0 Å². The fourth-order valence-corrected chi connectivity index (χ4v) is 2.86. The maximum absolute atomic E-state index is 5.92. The van der Waals surface area contributed by atoms with Crippen molar-refractivity contribution in [2.75, 3.05) is 13.2 Å². The van der Waals surface area contributed by atoms with E-state index in [-0.39, 0.29) is 12.1 Å². The number of para-hydroxylation sites is 2. The van der Waals surface area contributed by atoms with E-state index in [1.54, 1.807) is 11.3 Å². The minimum Gasteiger partial charge on any atom is -0.486 e. The number of nitrogens with one attached hydrogen (secondary N) is 1. The third-order valence-electron chi connectivity index (χ3n) is 3.30. The summed E-state index contributed by atoms with van der Waals surface area (Å²) >= 11 is 1.68. The fraction of sp³-hybridized carbons (Fsp3) is 0.400. The first kappa shape index (κ1) is 13.4. The van der Waals surface area contributed by atoms with E-state index >= 15 is 0 Å². The Kier molecular flexibility index (Phi) is 3.89. The lowest BCUT2D eigenvalue weighted by molar-refractivity contribution is 0.0885. The summed E-state index contributed by atoms with van der Waals surface area (Å²) in [6.45, 7) is 5.46. The van der Waals surface area contributed by atoms with Crippen LogP contribution < -0.4 is 14.8 Å². The molecule has 2 heterocycles. The molecule has 1 aliphatic heterocycles. The summed E-state index contributed by atoms with van der Waals surface area (Å²) in [6.07, 6.45) is 0.0343. The van der Waals surface area contributed by atoms with Crippen molar-refractivity contribution in [3.63, 3.8) is 0 Å². The van der Waals surface area contributed by atoms with E-state index in [2.05, 4.69) is 22.6 Å². The molecule has 1 aromatic carbocycles. The van der Waals surface area contributed by atoms with Crippen LogP contribution in [0.2, 0.25) is 0 Å². The topological polar surface area (TPSA) is 43.4 Å². The summed E-state index contributed by atoms with van der Waals surface area (Å²) in [5, 5.41) is 6.65. The molecule has 0 saturated heterocycles. The van der Waals surface area contributed by atoms with Crippen LogP contribution in [0.5, 0.6) is 11.5 Å². The summed E-state index contributed by atoms with van der Waals surface area (Å²) < 4.78 is 11.6. The maximum Gasteiger partial charge on any atom is 0.161 e. The standard InChI is InChI=1S/C15H18N2O2S/c1-10(13-9-20-11(2)17-13)16-7-12-8-18-14-5-3-4-6-15(14)19-12/h3-6,9-10,12,16H,7-8H2,1-2H3. The molecule has 0 fully saturated rings. The van der Waals surface area contributed by atoms with Crippen LogP contribution >= 0.6 is 11.3 Å². The van der Waals surface area contributed by atoms with Crippen LogP contribution in [-0.2, 0) is 0 Å². The highest BCUT2D eigenvalue weighted by Crippen LogP contribution is 2.30. The van der Waals surface area contributed by atoms with Crippen molar-refractivity contribution in [1.29, 1.82) is 0 Å². The van der Waals surface area contributed by atoms with E-state index in [4.69, 9.17) is 9.47 Å². The Labute approximate surface area is 122 Å². The van der Waals surface area contributed by atoms with E-state index in [9.17, 15) is 0 Å². The number of benzene rings is 1. The highest BCUT2D eigenvalue weighted by Gasteiger charge is 2.21. The molecule has 0 bridgehead atoms. The molecule has 5 heteroatoms. The molecule has 0 spiro atoms. The minimum absolute atomic E-state index is 0.0343. The van der Waals surface area contributed by atoms with E-state index in [0.717, 1.165) is 28.7 Å². The molecule has 106 valence electrons. The maximum atomic E-state index is 5.92. The predicted octanol–water partition coefficient (Wildman–Crippen LogP) is 2.94. The molecule has 1 aromatic heterocycles. The molecular formula is C15H18N2O2S. The molecule has 1 N–H and O–H groups in total. The van der Waals surface area contributed by atoms with E-state index in [1.807, 2.05) is 31.2 Å². The molecule has 4 nitrogen and oxygen atoms in total. The number of fused-ring (bicyclic) bond motifs is 1. The predicted molar refractivity (Wildman–Crippen MR) is 79.6 cm³/mol. The lowest BCUT2D eigenvalue weighted by atomic mass is 10.2. The number of aromatic nitrogens is 1. The Balaban J connectivity index is 1.55. The van der Waals surface area contributed by atoms with Crippen molar-refractivity contribution in [3.8, 4) is 11.5 Å². The normalized spacial score (nSPS) is 18.8. The molecule has 2 atom stereocenters. The summed E-state index contributed by atoms with van der Waals surface area (Å²) in [4.78, 5) is 4.49. The lowest BCUT2D eigenvalue weighted by Gasteiger charge is -2.27. The Morgan fingerprint density at radius 1 is 1.40 bits per heavy atom. The average molecular weight is 290 g/mol. The SMILES string of the molecule is Cc1nc(C(C)NCC2COc3ccccc3O2)cs1. The van der Waals surface area contributed by atoms with Gasteiger partial charge in [0.1, 0.15) is 12.7 Å². The minimum atomic E-state index is 0.0343. The fourth-order valence-electron chi connectivity index (χ4n) is 2.16. The van der Waals surface area contributed by atoms with Crippen LogP contribution in [0.25, 0.3) is 0 Å². The molecule has 0 amide bonds. The Morgan fingerprint density at radius 2 is 2.20 bits per heavy atom. The molecule has 0 radical (unpaired) electrons. The van der Waals surface area contributed by atoms with Gasteiger partial charge in [0.25, 0.3) is 0 Å². The second-order valence-electron chi connectivity index (χ2n) is 4.92. The van der Waals surface area contributed by atoms with Crippen LogP contribution in [0.4, 0.5) is 0 Å². The number of nitrogens with zero attached hydrogens (tertiary/aromatic N) is 1. The molecule has 20 heavy (non-hydrogen) atoms. The van der Waals surface area contributed by atoms with Crippen molar-refractivity contribution in [2.45, 2.75) is 26.0 Å². The van der Waals surface area contributed by atoms with Crippen molar-refractivity contribution >= 4 is 11.3 Å². The van der Waals surface area contributed by atoms with Gasteiger partial charge in [0.2, 0.25) is 0 Å². The smallest absolute Gasteiger partial charge is 0.161 e. The number of rotatable bonds is 4. The monoisotopic (exact) mass is 290 g/mol. The first-order valence-corrected chi connectivity index (χ1v) is 7.64. The van der Waals surface area contributed by atoms with Crippen molar-refractivity contribution in [3.05, 3.63) is 40.3 Å². The zero-order valence-corrected chi connectivity index (χ0v) is 12.4. The number of hydrogen-bond acceptors (Lipinski definition) is 5. The lowest BCUT2D eigenvalue weighted by Crippen LogP contribution is -2.39. The van der Waals surface area contributed by atoms with Crippen LogP contribution in [0.3, 0.4) is 0 Å². The van der Waals surface area contributed by atoms with Gasteiger partial charge in [-0.25, -0.2) is 4.98 Å². The summed E-state index contributed by atoms with van der Waals surface area (Å²) in [6, 6.07) is 8.00. The Bertz CT molecular complexity index is 585.